The van der Waals surface area contributed by atoms with Gasteiger partial charge >= 0.3 is 0 Å². The van der Waals surface area contributed by atoms with Crippen LogP contribution in [0.4, 0.5) is 0 Å². The van der Waals surface area contributed by atoms with Crippen LogP contribution in [-0.4, -0.2) is 10.2 Å². The fourth-order valence-corrected chi connectivity index (χ4v) is 4.38. The van der Waals surface area contributed by atoms with Gasteiger partial charge in [-0.3, -0.25) is 9.59 Å². The molecular formula is C30H18O6. The summed E-state index contributed by atoms with van der Waals surface area (Å²) in [4.78, 5) is 25.9. The Labute approximate surface area is 203 Å². The summed E-state index contributed by atoms with van der Waals surface area (Å²) < 4.78 is 11.8. The van der Waals surface area contributed by atoms with Crippen molar-refractivity contribution in [3.63, 3.8) is 0 Å². The molecule has 0 aliphatic heterocycles. The molecule has 6 rings (SSSR count). The number of phenols is 2. The third kappa shape index (κ3) is 3.52. The van der Waals surface area contributed by atoms with Crippen molar-refractivity contribution < 1.29 is 19.0 Å². The molecule has 0 radical (unpaired) electrons. The second-order valence-electron chi connectivity index (χ2n) is 8.39. The average molecular weight is 474 g/mol. The molecule has 36 heavy (non-hydrogen) atoms. The van der Waals surface area contributed by atoms with Crippen LogP contribution in [0.5, 0.6) is 11.5 Å². The fraction of sp³-hybridized carbons (Fsp3) is 0. The molecule has 0 atom stereocenters. The van der Waals surface area contributed by atoms with Crippen LogP contribution >= 0.6 is 0 Å². The monoisotopic (exact) mass is 474 g/mol. The second-order valence-corrected chi connectivity index (χ2v) is 8.39. The first-order valence-electron chi connectivity index (χ1n) is 11.2. The molecule has 6 heteroatoms. The van der Waals surface area contributed by atoms with Crippen molar-refractivity contribution in [1.82, 2.24) is 0 Å². The third-order valence-electron chi connectivity index (χ3n) is 6.10. The largest absolute Gasteiger partial charge is 0.507 e. The zero-order valence-corrected chi connectivity index (χ0v) is 18.8. The Balaban J connectivity index is 1.51. The lowest BCUT2D eigenvalue weighted by Gasteiger charge is -2.12. The fourth-order valence-electron chi connectivity index (χ4n) is 4.38. The van der Waals surface area contributed by atoms with Gasteiger partial charge in [0.05, 0.1) is 10.9 Å². The topological polar surface area (TPSA) is 101 Å². The smallest absolute Gasteiger partial charge is 0.197 e. The predicted molar refractivity (Wildman–Crippen MR) is 138 cm³/mol. The van der Waals surface area contributed by atoms with Crippen molar-refractivity contribution in [2.45, 2.75) is 0 Å². The molecule has 2 aromatic heterocycles. The van der Waals surface area contributed by atoms with Crippen LogP contribution in [0.2, 0.25) is 0 Å². The average Bonchev–Trinajstić information content (AvgIpc) is 2.89. The maximum Gasteiger partial charge on any atom is 0.197 e. The molecular weight excluding hydrogens is 456 g/mol. The Bertz CT molecular complexity index is 1880. The minimum Gasteiger partial charge on any atom is -0.507 e. The van der Waals surface area contributed by atoms with Crippen LogP contribution in [0.15, 0.2) is 115 Å². The van der Waals surface area contributed by atoms with E-state index in [1.165, 1.54) is 24.3 Å². The quantitative estimate of drug-likeness (QED) is 0.312. The molecule has 0 saturated carbocycles. The summed E-state index contributed by atoms with van der Waals surface area (Å²) in [5, 5.41) is 22.1. The van der Waals surface area contributed by atoms with Gasteiger partial charge in [0.25, 0.3) is 0 Å². The Kier molecular flexibility index (Phi) is 4.93. The van der Waals surface area contributed by atoms with Crippen molar-refractivity contribution in [2.24, 2.45) is 0 Å². The van der Waals surface area contributed by atoms with E-state index >= 15 is 0 Å². The van der Waals surface area contributed by atoms with Gasteiger partial charge in [-0.15, -0.1) is 0 Å². The van der Waals surface area contributed by atoms with Gasteiger partial charge in [-0.1, -0.05) is 66.7 Å². The first-order chi connectivity index (χ1) is 17.5. The van der Waals surface area contributed by atoms with Gasteiger partial charge in [0.2, 0.25) is 0 Å². The molecule has 0 amide bonds. The van der Waals surface area contributed by atoms with Crippen LogP contribution in [0.3, 0.4) is 0 Å². The molecule has 0 spiro atoms. The van der Waals surface area contributed by atoms with E-state index in [9.17, 15) is 19.8 Å². The van der Waals surface area contributed by atoms with E-state index in [1.54, 1.807) is 24.3 Å². The highest BCUT2D eigenvalue weighted by molar-refractivity contribution is 5.97. The van der Waals surface area contributed by atoms with Crippen molar-refractivity contribution in [2.75, 3.05) is 0 Å². The highest BCUT2D eigenvalue weighted by atomic mass is 16.3. The van der Waals surface area contributed by atoms with E-state index in [0.29, 0.717) is 28.2 Å². The molecule has 0 aliphatic rings. The van der Waals surface area contributed by atoms with Crippen molar-refractivity contribution in [3.8, 4) is 45.3 Å². The highest BCUT2D eigenvalue weighted by Gasteiger charge is 2.20. The van der Waals surface area contributed by atoms with Crippen molar-refractivity contribution in [3.05, 3.63) is 118 Å². The summed E-state index contributed by atoms with van der Waals surface area (Å²) >= 11 is 0. The number of hydrogen-bond acceptors (Lipinski definition) is 6. The molecule has 0 aliphatic carbocycles. The molecule has 6 nitrogen and oxygen atoms in total. The molecule has 2 heterocycles. The SMILES string of the molecule is O=c1cc(-c2ccccc2)oc2ccc(-c3c(O)cc4oc(-c5ccccc5)cc(=O)c4c3O)cc12. The van der Waals surface area contributed by atoms with Crippen molar-refractivity contribution >= 4 is 21.9 Å². The predicted octanol–water partition coefficient (Wildman–Crippen LogP) is 6.31. The Morgan fingerprint density at radius 1 is 0.556 bits per heavy atom. The normalized spacial score (nSPS) is 11.2. The van der Waals surface area contributed by atoms with Gasteiger partial charge in [0.1, 0.15) is 39.6 Å². The number of aromatic hydroxyl groups is 2. The van der Waals surface area contributed by atoms with Crippen LogP contribution in [-0.2, 0) is 0 Å². The lowest BCUT2D eigenvalue weighted by molar-refractivity contribution is 0.456. The molecule has 0 bridgehead atoms. The van der Waals surface area contributed by atoms with Gasteiger partial charge in [0.15, 0.2) is 10.9 Å². The Morgan fingerprint density at radius 3 is 1.78 bits per heavy atom. The van der Waals surface area contributed by atoms with Crippen LogP contribution in [0.1, 0.15) is 0 Å². The summed E-state index contributed by atoms with van der Waals surface area (Å²) in [6.07, 6.45) is 0. The zero-order valence-electron chi connectivity index (χ0n) is 18.8. The standard InChI is InChI=1S/C30H18O6/c31-21-14-25(17-7-3-1-4-8-17)35-24-12-11-19(13-20(21)24)28-22(32)16-27-29(30(28)34)23(33)15-26(36-27)18-9-5-2-6-10-18/h1-16,32,34H. The summed E-state index contributed by atoms with van der Waals surface area (Å²) in [5.41, 5.74) is 1.51. The number of benzene rings is 4. The molecule has 4 aromatic carbocycles. The van der Waals surface area contributed by atoms with Gasteiger partial charge < -0.3 is 19.0 Å². The Morgan fingerprint density at radius 2 is 1.14 bits per heavy atom. The van der Waals surface area contributed by atoms with Crippen LogP contribution < -0.4 is 10.9 Å². The van der Waals surface area contributed by atoms with E-state index in [4.69, 9.17) is 8.83 Å². The molecule has 174 valence electrons. The first kappa shape index (κ1) is 21.4. The van der Waals surface area contributed by atoms with Crippen LogP contribution in [0, 0.1) is 0 Å². The van der Waals surface area contributed by atoms with Crippen molar-refractivity contribution in [1.29, 1.82) is 0 Å². The van der Waals surface area contributed by atoms with E-state index in [1.807, 2.05) is 48.5 Å². The van der Waals surface area contributed by atoms with E-state index in [2.05, 4.69) is 0 Å². The third-order valence-corrected chi connectivity index (χ3v) is 6.10. The summed E-state index contributed by atoms with van der Waals surface area (Å²) in [7, 11) is 0. The maximum absolute atomic E-state index is 13.0. The molecule has 0 unspecified atom stereocenters. The number of rotatable bonds is 3. The van der Waals surface area contributed by atoms with Gasteiger partial charge in [-0.05, 0) is 17.7 Å². The van der Waals surface area contributed by atoms with E-state index < -0.39 is 11.2 Å². The maximum atomic E-state index is 13.0. The summed E-state index contributed by atoms with van der Waals surface area (Å²) in [5.74, 6) is 0.0299. The van der Waals surface area contributed by atoms with Gasteiger partial charge in [-0.2, -0.15) is 0 Å². The minimum absolute atomic E-state index is 0.0238. The number of fused-ring (bicyclic) bond motifs is 2. The minimum atomic E-state index is -0.457. The summed E-state index contributed by atoms with van der Waals surface area (Å²) in [6.45, 7) is 0. The molecule has 0 saturated heterocycles. The second kappa shape index (κ2) is 8.29. The summed E-state index contributed by atoms with van der Waals surface area (Å²) in [6, 6.07) is 27.1. The first-order valence-corrected chi connectivity index (χ1v) is 11.2. The zero-order chi connectivity index (χ0) is 24.8. The lowest BCUT2D eigenvalue weighted by Crippen LogP contribution is -2.02. The van der Waals surface area contributed by atoms with E-state index in [0.717, 1.165) is 5.56 Å². The van der Waals surface area contributed by atoms with Gasteiger partial charge in [0, 0.05) is 29.3 Å². The number of phenolic OH excluding ortho intramolecular Hbond substituents is 2. The molecule has 2 N–H and O–H groups in total. The van der Waals surface area contributed by atoms with Crippen LogP contribution in [0.25, 0.3) is 55.7 Å². The van der Waals surface area contributed by atoms with Gasteiger partial charge in [-0.25, -0.2) is 0 Å². The molecule has 0 fully saturated rings. The molecule has 6 aromatic rings. The highest BCUT2D eigenvalue weighted by Crippen LogP contribution is 2.43. The lowest BCUT2D eigenvalue weighted by atomic mass is 9.98. The Hall–Kier alpha value is -5.10. The van der Waals surface area contributed by atoms with E-state index in [-0.39, 0.29) is 33.1 Å². The number of hydrogen-bond donors (Lipinski definition) is 2.